The maximum absolute atomic E-state index is 12.6. The normalized spacial score (nSPS) is 13.3. The van der Waals surface area contributed by atoms with Gasteiger partial charge >= 0.3 is 0 Å². The highest BCUT2D eigenvalue weighted by Crippen LogP contribution is 2.30. The van der Waals surface area contributed by atoms with E-state index in [1.54, 1.807) is 32.2 Å². The minimum atomic E-state index is -3.60. The van der Waals surface area contributed by atoms with Gasteiger partial charge in [-0.2, -0.15) is 4.31 Å². The Hall–Kier alpha value is -1.56. The minimum absolute atomic E-state index is 0.207. The zero-order valence-corrected chi connectivity index (χ0v) is 13.4. The molecule has 0 aromatic heterocycles. The summed E-state index contributed by atoms with van der Waals surface area (Å²) < 4.78 is 26.5. The molecule has 0 aliphatic rings. The van der Waals surface area contributed by atoms with Crippen molar-refractivity contribution in [3.63, 3.8) is 0 Å². The number of nitrogen functional groups attached to an aromatic ring is 1. The molecule has 4 nitrogen and oxygen atoms in total. The first-order valence-corrected chi connectivity index (χ1v) is 8.24. The number of sulfonamides is 1. The van der Waals surface area contributed by atoms with Gasteiger partial charge in [0.05, 0.1) is 4.90 Å². The lowest BCUT2D eigenvalue weighted by molar-refractivity contribution is 0.398. The number of hydrogen-bond donors (Lipinski definition) is 1. The second kappa shape index (κ2) is 6.05. The van der Waals surface area contributed by atoms with Gasteiger partial charge in [-0.05, 0) is 42.8 Å². The van der Waals surface area contributed by atoms with Crippen LogP contribution in [0.4, 0.5) is 5.69 Å². The lowest BCUT2D eigenvalue weighted by atomic mass is 10.1. The lowest BCUT2D eigenvalue weighted by Crippen LogP contribution is -2.30. The van der Waals surface area contributed by atoms with E-state index in [4.69, 9.17) is 17.3 Å². The summed E-state index contributed by atoms with van der Waals surface area (Å²) in [6.07, 6.45) is 0. The van der Waals surface area contributed by atoms with Crippen LogP contribution in [0.1, 0.15) is 18.5 Å². The van der Waals surface area contributed by atoms with E-state index in [2.05, 4.69) is 0 Å². The molecule has 0 saturated carbocycles. The van der Waals surface area contributed by atoms with Crippen LogP contribution in [0.25, 0.3) is 0 Å². The molecule has 0 heterocycles. The molecule has 0 radical (unpaired) electrons. The molecule has 0 aliphatic carbocycles. The van der Waals surface area contributed by atoms with Crippen molar-refractivity contribution in [3.05, 3.63) is 59.1 Å². The maximum atomic E-state index is 12.6. The Morgan fingerprint density at radius 3 is 2.24 bits per heavy atom. The Morgan fingerprint density at radius 2 is 1.67 bits per heavy atom. The van der Waals surface area contributed by atoms with Crippen molar-refractivity contribution in [2.75, 3.05) is 12.8 Å². The zero-order valence-electron chi connectivity index (χ0n) is 11.8. The standard InChI is InChI=1S/C15H17ClN2O2S/c1-11(14-5-3-4-6-15(14)16)18(2)21(19,20)13-9-7-12(17)8-10-13/h3-11H,17H2,1-2H3. The van der Waals surface area contributed by atoms with Gasteiger partial charge in [-0.3, -0.25) is 0 Å². The largest absolute Gasteiger partial charge is 0.399 e. The van der Waals surface area contributed by atoms with Crippen LogP contribution in [0, 0.1) is 0 Å². The first-order chi connectivity index (χ1) is 9.84. The van der Waals surface area contributed by atoms with Crippen LogP contribution < -0.4 is 5.73 Å². The molecular formula is C15H17ClN2O2S. The van der Waals surface area contributed by atoms with Crippen LogP contribution in [-0.2, 0) is 10.0 Å². The SMILES string of the molecule is CC(c1ccccc1Cl)N(C)S(=O)(=O)c1ccc(N)cc1. The molecule has 2 aromatic rings. The highest BCUT2D eigenvalue weighted by Gasteiger charge is 2.27. The maximum Gasteiger partial charge on any atom is 0.243 e. The number of anilines is 1. The molecule has 0 amide bonds. The summed E-state index contributed by atoms with van der Waals surface area (Å²) in [6, 6.07) is 13.0. The molecular weight excluding hydrogens is 308 g/mol. The van der Waals surface area contributed by atoms with Crippen molar-refractivity contribution in [3.8, 4) is 0 Å². The van der Waals surface area contributed by atoms with Gasteiger partial charge in [-0.15, -0.1) is 0 Å². The number of nitrogens with two attached hydrogens (primary N) is 1. The number of hydrogen-bond acceptors (Lipinski definition) is 3. The van der Waals surface area contributed by atoms with Gasteiger partial charge in [-0.1, -0.05) is 29.8 Å². The quantitative estimate of drug-likeness (QED) is 0.878. The predicted octanol–water partition coefficient (Wildman–Crippen LogP) is 3.30. The van der Waals surface area contributed by atoms with Crippen molar-refractivity contribution in [1.29, 1.82) is 0 Å². The molecule has 2 N–H and O–H groups in total. The fraction of sp³-hybridized carbons (Fsp3) is 0.200. The first-order valence-electron chi connectivity index (χ1n) is 6.42. The van der Waals surface area contributed by atoms with E-state index in [0.717, 1.165) is 5.56 Å². The summed E-state index contributed by atoms with van der Waals surface area (Å²) in [6.45, 7) is 1.80. The summed E-state index contributed by atoms with van der Waals surface area (Å²) in [7, 11) is -2.06. The molecule has 1 unspecified atom stereocenters. The molecule has 0 aliphatic heterocycles. The number of halogens is 1. The van der Waals surface area contributed by atoms with Crippen LogP contribution in [0.3, 0.4) is 0 Å². The van der Waals surface area contributed by atoms with Crippen LogP contribution in [-0.4, -0.2) is 19.8 Å². The summed E-state index contributed by atoms with van der Waals surface area (Å²) in [5.74, 6) is 0. The van der Waals surface area contributed by atoms with Crippen molar-refractivity contribution in [1.82, 2.24) is 4.31 Å². The van der Waals surface area contributed by atoms with Gasteiger partial charge in [0.1, 0.15) is 0 Å². The highest BCUT2D eigenvalue weighted by molar-refractivity contribution is 7.89. The van der Waals surface area contributed by atoms with Gasteiger partial charge in [0.25, 0.3) is 0 Å². The Balaban J connectivity index is 2.36. The van der Waals surface area contributed by atoms with Crippen LogP contribution in [0.2, 0.25) is 5.02 Å². The molecule has 0 saturated heterocycles. The van der Waals surface area contributed by atoms with E-state index < -0.39 is 10.0 Å². The number of nitrogens with zero attached hydrogens (tertiary/aromatic N) is 1. The Kier molecular flexibility index (Phi) is 4.56. The van der Waals surface area contributed by atoms with Crippen LogP contribution in [0.15, 0.2) is 53.4 Å². The molecule has 6 heteroatoms. The fourth-order valence-electron chi connectivity index (χ4n) is 2.02. The van der Waals surface area contributed by atoms with E-state index in [1.807, 2.05) is 18.2 Å². The van der Waals surface area contributed by atoms with Gasteiger partial charge in [0.15, 0.2) is 0 Å². The topological polar surface area (TPSA) is 63.4 Å². The van der Waals surface area contributed by atoms with Gasteiger partial charge in [0.2, 0.25) is 10.0 Å². The fourth-order valence-corrected chi connectivity index (χ4v) is 3.66. The summed E-state index contributed by atoms with van der Waals surface area (Å²) in [4.78, 5) is 0.207. The summed E-state index contributed by atoms with van der Waals surface area (Å²) >= 11 is 6.14. The average molecular weight is 325 g/mol. The van der Waals surface area contributed by atoms with E-state index in [1.165, 1.54) is 16.4 Å². The summed E-state index contributed by atoms with van der Waals surface area (Å²) in [5.41, 5.74) is 6.88. The van der Waals surface area contributed by atoms with Gasteiger partial charge in [0, 0.05) is 23.8 Å². The third kappa shape index (κ3) is 3.20. The second-order valence-corrected chi connectivity index (χ2v) is 7.19. The summed E-state index contributed by atoms with van der Waals surface area (Å²) in [5, 5.41) is 0.546. The van der Waals surface area contributed by atoms with Crippen molar-refractivity contribution in [2.24, 2.45) is 0 Å². The van der Waals surface area contributed by atoms with E-state index in [-0.39, 0.29) is 10.9 Å². The average Bonchev–Trinajstić information content (AvgIpc) is 2.46. The zero-order chi connectivity index (χ0) is 15.6. The van der Waals surface area contributed by atoms with Crippen molar-refractivity contribution in [2.45, 2.75) is 17.9 Å². The number of rotatable bonds is 4. The highest BCUT2D eigenvalue weighted by atomic mass is 35.5. The molecule has 112 valence electrons. The third-order valence-electron chi connectivity index (χ3n) is 3.46. The van der Waals surface area contributed by atoms with Crippen LogP contribution in [0.5, 0.6) is 0 Å². The monoisotopic (exact) mass is 324 g/mol. The van der Waals surface area contributed by atoms with Crippen LogP contribution >= 0.6 is 11.6 Å². The number of benzene rings is 2. The molecule has 0 bridgehead atoms. The minimum Gasteiger partial charge on any atom is -0.399 e. The lowest BCUT2D eigenvalue weighted by Gasteiger charge is -2.25. The smallest absolute Gasteiger partial charge is 0.243 e. The van der Waals surface area contributed by atoms with E-state index in [9.17, 15) is 8.42 Å². The van der Waals surface area contributed by atoms with Crippen molar-refractivity contribution < 1.29 is 8.42 Å². The molecule has 0 fully saturated rings. The van der Waals surface area contributed by atoms with E-state index >= 15 is 0 Å². The third-order valence-corrected chi connectivity index (χ3v) is 5.74. The Morgan fingerprint density at radius 1 is 1.10 bits per heavy atom. The molecule has 21 heavy (non-hydrogen) atoms. The Labute approximate surface area is 130 Å². The Bertz CT molecular complexity index is 730. The first kappa shape index (κ1) is 15.8. The molecule has 2 rings (SSSR count). The molecule has 2 aromatic carbocycles. The van der Waals surface area contributed by atoms with Crippen molar-refractivity contribution >= 4 is 27.3 Å². The molecule has 0 spiro atoms. The van der Waals surface area contributed by atoms with E-state index in [0.29, 0.717) is 10.7 Å². The molecule has 1 atom stereocenters. The predicted molar refractivity (Wildman–Crippen MR) is 85.7 cm³/mol. The second-order valence-electron chi connectivity index (χ2n) is 4.79. The van der Waals surface area contributed by atoms with Gasteiger partial charge < -0.3 is 5.73 Å². The van der Waals surface area contributed by atoms with Gasteiger partial charge in [-0.25, -0.2) is 8.42 Å².